The van der Waals surface area contributed by atoms with Crippen LogP contribution >= 0.6 is 23.2 Å². The van der Waals surface area contributed by atoms with Crippen molar-refractivity contribution in [1.82, 2.24) is 14.8 Å². The number of carbonyl (C=O) groups excluding carboxylic acids is 2. The molecule has 8 heteroatoms. The minimum absolute atomic E-state index is 0.0691. The normalized spacial score (nSPS) is 22.3. The molecule has 0 saturated carbocycles. The molecule has 2 aliphatic heterocycles. The summed E-state index contributed by atoms with van der Waals surface area (Å²) < 4.78 is 5.82. The number of hydrogen-bond donors (Lipinski definition) is 0. The van der Waals surface area contributed by atoms with Gasteiger partial charge in [-0.1, -0.05) is 29.3 Å². The van der Waals surface area contributed by atoms with Crippen LogP contribution in [0.5, 0.6) is 0 Å². The minimum atomic E-state index is -0.372. The SMILES string of the molecule is CC1CN(C2=C(c3ccc(Cl)cc3Cl)C(=O)N(Cc3ccncc3)C2=O)CC(C)O1. The Morgan fingerprint density at radius 1 is 1.03 bits per heavy atom. The van der Waals surface area contributed by atoms with Gasteiger partial charge in [0, 0.05) is 36.1 Å². The summed E-state index contributed by atoms with van der Waals surface area (Å²) in [6.45, 7) is 5.09. The zero-order valence-electron chi connectivity index (χ0n) is 16.6. The van der Waals surface area contributed by atoms with Crippen LogP contribution in [0, 0.1) is 0 Å². The zero-order chi connectivity index (χ0) is 21.4. The van der Waals surface area contributed by atoms with Gasteiger partial charge in [0.05, 0.1) is 29.3 Å². The van der Waals surface area contributed by atoms with Crippen LogP contribution in [-0.2, 0) is 20.9 Å². The first-order valence-corrected chi connectivity index (χ1v) is 10.5. The summed E-state index contributed by atoms with van der Waals surface area (Å²) >= 11 is 12.5. The number of carbonyl (C=O) groups is 2. The van der Waals surface area contributed by atoms with E-state index in [0.717, 1.165) is 5.56 Å². The Morgan fingerprint density at radius 3 is 2.33 bits per heavy atom. The van der Waals surface area contributed by atoms with Crippen LogP contribution < -0.4 is 0 Å². The molecule has 1 aromatic heterocycles. The molecule has 3 heterocycles. The van der Waals surface area contributed by atoms with Gasteiger partial charge in [0.25, 0.3) is 11.8 Å². The smallest absolute Gasteiger partial charge is 0.278 e. The third-order valence-corrected chi connectivity index (χ3v) is 5.72. The summed E-state index contributed by atoms with van der Waals surface area (Å²) in [6.07, 6.45) is 3.13. The highest BCUT2D eigenvalue weighted by molar-refractivity contribution is 6.41. The van der Waals surface area contributed by atoms with Crippen molar-refractivity contribution in [2.75, 3.05) is 13.1 Å². The van der Waals surface area contributed by atoms with E-state index in [-0.39, 0.29) is 30.6 Å². The fourth-order valence-corrected chi connectivity index (χ4v) is 4.47. The first-order valence-electron chi connectivity index (χ1n) is 9.70. The molecule has 2 atom stereocenters. The lowest BCUT2D eigenvalue weighted by Gasteiger charge is -2.37. The number of imide groups is 1. The number of pyridine rings is 1. The molecular weight excluding hydrogens is 425 g/mol. The van der Waals surface area contributed by atoms with E-state index in [1.54, 1.807) is 42.7 Å². The van der Waals surface area contributed by atoms with Crippen LogP contribution in [0.1, 0.15) is 25.0 Å². The Bertz CT molecular complexity index is 1020. The molecule has 156 valence electrons. The van der Waals surface area contributed by atoms with Crippen molar-refractivity contribution < 1.29 is 14.3 Å². The van der Waals surface area contributed by atoms with Crippen molar-refractivity contribution >= 4 is 40.6 Å². The lowest BCUT2D eigenvalue weighted by atomic mass is 10.0. The standard InChI is InChI=1S/C22H21Cl2N3O3/c1-13-10-26(11-14(2)30-13)20-19(17-4-3-16(23)9-18(17)24)21(28)27(22(20)29)12-15-5-7-25-8-6-15/h3-9,13-14H,10-12H2,1-2H3. The molecule has 4 rings (SSSR count). The molecule has 2 amide bonds. The van der Waals surface area contributed by atoms with E-state index in [1.165, 1.54) is 4.90 Å². The first-order chi connectivity index (χ1) is 14.3. The average Bonchev–Trinajstić information content (AvgIpc) is 2.93. The van der Waals surface area contributed by atoms with Crippen LogP contribution in [0.15, 0.2) is 48.4 Å². The third-order valence-electron chi connectivity index (χ3n) is 5.17. The summed E-state index contributed by atoms with van der Waals surface area (Å²) in [4.78, 5) is 34.1. The highest BCUT2D eigenvalue weighted by Crippen LogP contribution is 2.37. The Balaban J connectivity index is 1.79. The lowest BCUT2D eigenvalue weighted by molar-refractivity contribution is -0.139. The van der Waals surface area contributed by atoms with Gasteiger partial charge in [0.1, 0.15) is 5.70 Å². The van der Waals surface area contributed by atoms with Gasteiger partial charge in [-0.15, -0.1) is 0 Å². The van der Waals surface area contributed by atoms with E-state index in [1.807, 2.05) is 18.7 Å². The summed E-state index contributed by atoms with van der Waals surface area (Å²) in [5.41, 5.74) is 1.98. The fraction of sp³-hybridized carbons (Fsp3) is 0.318. The Morgan fingerprint density at radius 2 is 1.70 bits per heavy atom. The van der Waals surface area contributed by atoms with Gasteiger partial charge in [-0.2, -0.15) is 0 Å². The van der Waals surface area contributed by atoms with Gasteiger partial charge >= 0.3 is 0 Å². The molecule has 1 saturated heterocycles. The molecule has 2 aliphatic rings. The largest absolute Gasteiger partial charge is 0.372 e. The number of aromatic nitrogens is 1. The average molecular weight is 446 g/mol. The van der Waals surface area contributed by atoms with Crippen molar-refractivity contribution in [3.8, 4) is 0 Å². The molecule has 0 radical (unpaired) electrons. The Hall–Kier alpha value is -2.41. The van der Waals surface area contributed by atoms with E-state index in [2.05, 4.69) is 4.98 Å². The number of benzene rings is 1. The highest BCUT2D eigenvalue weighted by atomic mass is 35.5. The van der Waals surface area contributed by atoms with Crippen molar-refractivity contribution in [3.63, 3.8) is 0 Å². The van der Waals surface area contributed by atoms with Gasteiger partial charge in [0.2, 0.25) is 0 Å². The minimum Gasteiger partial charge on any atom is -0.372 e. The third kappa shape index (κ3) is 3.95. The zero-order valence-corrected chi connectivity index (χ0v) is 18.2. The van der Waals surface area contributed by atoms with Gasteiger partial charge in [-0.25, -0.2) is 0 Å². The molecular formula is C22H21Cl2N3O3. The van der Waals surface area contributed by atoms with Gasteiger partial charge in [-0.05, 0) is 43.7 Å². The molecule has 1 aromatic carbocycles. The molecule has 0 spiro atoms. The monoisotopic (exact) mass is 445 g/mol. The first kappa shape index (κ1) is 20.8. The van der Waals surface area contributed by atoms with E-state index in [9.17, 15) is 9.59 Å². The number of nitrogens with zero attached hydrogens (tertiary/aromatic N) is 3. The van der Waals surface area contributed by atoms with Gasteiger partial charge in [-0.3, -0.25) is 19.5 Å². The second kappa shape index (κ2) is 8.38. The molecule has 0 bridgehead atoms. The number of amides is 2. The van der Waals surface area contributed by atoms with Crippen molar-refractivity contribution in [1.29, 1.82) is 0 Å². The summed E-state index contributed by atoms with van der Waals surface area (Å²) in [5.74, 6) is -0.707. The predicted octanol–water partition coefficient (Wildman–Crippen LogP) is 3.78. The van der Waals surface area contributed by atoms with Crippen molar-refractivity contribution in [3.05, 3.63) is 69.6 Å². The second-order valence-corrected chi connectivity index (χ2v) is 8.41. The van der Waals surface area contributed by atoms with Gasteiger partial charge in [0.15, 0.2) is 0 Å². The fourth-order valence-electron chi connectivity index (χ4n) is 3.97. The molecule has 6 nitrogen and oxygen atoms in total. The molecule has 30 heavy (non-hydrogen) atoms. The van der Waals surface area contributed by atoms with E-state index in [0.29, 0.717) is 40.0 Å². The quantitative estimate of drug-likeness (QED) is 0.670. The Labute approximate surface area is 185 Å². The maximum absolute atomic E-state index is 13.5. The van der Waals surface area contributed by atoms with Gasteiger partial charge < -0.3 is 9.64 Å². The van der Waals surface area contributed by atoms with E-state index >= 15 is 0 Å². The number of morpholine rings is 1. The number of halogens is 2. The molecule has 0 N–H and O–H groups in total. The lowest BCUT2D eigenvalue weighted by Crippen LogP contribution is -2.46. The highest BCUT2D eigenvalue weighted by Gasteiger charge is 2.43. The van der Waals surface area contributed by atoms with E-state index < -0.39 is 0 Å². The van der Waals surface area contributed by atoms with Crippen LogP contribution in [0.2, 0.25) is 10.0 Å². The molecule has 0 aliphatic carbocycles. The Kier molecular flexibility index (Phi) is 5.82. The maximum Gasteiger partial charge on any atom is 0.278 e. The summed E-state index contributed by atoms with van der Waals surface area (Å²) in [6, 6.07) is 8.51. The summed E-state index contributed by atoms with van der Waals surface area (Å²) in [5, 5.41) is 0.793. The van der Waals surface area contributed by atoms with Crippen molar-refractivity contribution in [2.45, 2.75) is 32.6 Å². The maximum atomic E-state index is 13.5. The number of rotatable bonds is 4. The number of hydrogen-bond acceptors (Lipinski definition) is 5. The molecule has 2 aromatic rings. The molecule has 1 fully saturated rings. The van der Waals surface area contributed by atoms with Crippen LogP contribution in [0.25, 0.3) is 5.57 Å². The predicted molar refractivity (Wildman–Crippen MR) is 115 cm³/mol. The molecule has 2 unspecified atom stereocenters. The summed E-state index contributed by atoms with van der Waals surface area (Å²) in [7, 11) is 0. The van der Waals surface area contributed by atoms with Crippen LogP contribution in [-0.4, -0.2) is 51.9 Å². The topological polar surface area (TPSA) is 62.7 Å². The van der Waals surface area contributed by atoms with Crippen LogP contribution in [0.4, 0.5) is 0 Å². The van der Waals surface area contributed by atoms with E-state index in [4.69, 9.17) is 27.9 Å². The number of ether oxygens (including phenoxy) is 1. The second-order valence-electron chi connectivity index (χ2n) is 7.56. The van der Waals surface area contributed by atoms with Crippen LogP contribution in [0.3, 0.4) is 0 Å². The van der Waals surface area contributed by atoms with Crippen molar-refractivity contribution in [2.24, 2.45) is 0 Å².